The molecule has 0 radical (unpaired) electrons. The van der Waals surface area contributed by atoms with E-state index in [0.29, 0.717) is 5.56 Å². The summed E-state index contributed by atoms with van der Waals surface area (Å²) in [6.07, 6.45) is 0. The molecule has 2 N–H and O–H groups in total. The van der Waals surface area contributed by atoms with Gasteiger partial charge in [0.2, 0.25) is 10.0 Å². The zero-order valence-electron chi connectivity index (χ0n) is 14.5. The number of benzene rings is 2. The fourth-order valence-electron chi connectivity index (χ4n) is 2.17. The second-order valence-corrected chi connectivity index (χ2v) is 7.96. The lowest BCUT2D eigenvalue weighted by Crippen LogP contribution is -2.31. The summed E-state index contributed by atoms with van der Waals surface area (Å²) in [5, 5.41) is 5.09. The van der Waals surface area contributed by atoms with Crippen molar-refractivity contribution in [3.8, 4) is 0 Å². The second-order valence-electron chi connectivity index (χ2n) is 5.81. The Morgan fingerprint density at radius 3 is 2.38 bits per heavy atom. The van der Waals surface area contributed by atoms with E-state index in [2.05, 4.69) is 10.6 Å². The molecular weight excluding hydrogens is 364 g/mol. The number of carbonyl (C=O) groups is 1. The second kappa shape index (κ2) is 7.79. The zero-order chi connectivity index (χ0) is 19.5. The monoisotopic (exact) mass is 383 g/mol. The SMILES string of the molecule is C[C@H](NC(=O)Nc1cccc(S(=O)(=O)N(C)C)c1)c1ccc(F)c(F)c1. The van der Waals surface area contributed by atoms with Gasteiger partial charge < -0.3 is 10.6 Å². The topological polar surface area (TPSA) is 78.5 Å². The number of nitrogens with one attached hydrogen (secondary N) is 2. The summed E-state index contributed by atoms with van der Waals surface area (Å²) in [4.78, 5) is 12.1. The van der Waals surface area contributed by atoms with E-state index in [4.69, 9.17) is 0 Å². The molecule has 140 valence electrons. The Kier molecular flexibility index (Phi) is 5.94. The molecule has 9 heteroatoms. The number of hydrogen-bond donors (Lipinski definition) is 2. The van der Waals surface area contributed by atoms with E-state index in [-0.39, 0.29) is 10.6 Å². The molecule has 2 amide bonds. The highest BCUT2D eigenvalue weighted by molar-refractivity contribution is 7.89. The van der Waals surface area contributed by atoms with Crippen molar-refractivity contribution in [2.75, 3.05) is 19.4 Å². The van der Waals surface area contributed by atoms with Crippen LogP contribution in [0.25, 0.3) is 0 Å². The largest absolute Gasteiger partial charge is 0.331 e. The van der Waals surface area contributed by atoms with E-state index in [0.717, 1.165) is 16.4 Å². The van der Waals surface area contributed by atoms with Crippen molar-refractivity contribution >= 4 is 21.7 Å². The quantitative estimate of drug-likeness (QED) is 0.833. The standard InChI is InChI=1S/C17H19F2N3O3S/c1-11(12-7-8-15(18)16(19)9-12)20-17(23)21-13-5-4-6-14(10-13)26(24,25)22(2)3/h4-11H,1-3H3,(H2,20,21,23)/t11-/m0/s1. The fraction of sp³-hybridized carbons (Fsp3) is 0.235. The van der Waals surface area contributed by atoms with E-state index in [1.807, 2.05) is 0 Å². The molecule has 26 heavy (non-hydrogen) atoms. The number of nitrogens with zero attached hydrogens (tertiary/aromatic N) is 1. The van der Waals surface area contributed by atoms with Crippen molar-refractivity contribution < 1.29 is 22.0 Å². The minimum absolute atomic E-state index is 0.0361. The first-order valence-corrected chi connectivity index (χ1v) is 9.10. The summed E-state index contributed by atoms with van der Waals surface area (Å²) >= 11 is 0. The van der Waals surface area contributed by atoms with Gasteiger partial charge in [0.1, 0.15) is 0 Å². The Labute approximate surface area is 150 Å². The van der Waals surface area contributed by atoms with Crippen molar-refractivity contribution in [2.45, 2.75) is 17.9 Å². The molecule has 1 atom stereocenters. The predicted molar refractivity (Wildman–Crippen MR) is 94.2 cm³/mol. The van der Waals surface area contributed by atoms with Crippen LogP contribution in [0.15, 0.2) is 47.4 Å². The molecule has 0 saturated heterocycles. The summed E-state index contributed by atoms with van der Waals surface area (Å²) in [5.74, 6) is -1.97. The van der Waals surface area contributed by atoms with Gasteiger partial charge in [0, 0.05) is 19.8 Å². The molecule has 0 unspecified atom stereocenters. The molecule has 2 aromatic rings. The van der Waals surface area contributed by atoms with Gasteiger partial charge >= 0.3 is 6.03 Å². The molecule has 0 heterocycles. The first-order valence-electron chi connectivity index (χ1n) is 7.66. The van der Waals surface area contributed by atoms with Crippen LogP contribution in [0.3, 0.4) is 0 Å². The normalized spacial score (nSPS) is 12.7. The molecule has 0 aromatic heterocycles. The minimum Gasteiger partial charge on any atom is -0.331 e. The number of carbonyl (C=O) groups excluding carboxylic acids is 1. The van der Waals surface area contributed by atoms with Gasteiger partial charge in [-0.1, -0.05) is 12.1 Å². The van der Waals surface area contributed by atoms with E-state index < -0.39 is 33.7 Å². The van der Waals surface area contributed by atoms with Crippen LogP contribution in [0.4, 0.5) is 19.3 Å². The van der Waals surface area contributed by atoms with Crippen LogP contribution in [0.1, 0.15) is 18.5 Å². The average molecular weight is 383 g/mol. The molecule has 2 aromatic carbocycles. The van der Waals surface area contributed by atoms with E-state index in [1.165, 1.54) is 44.4 Å². The Bertz CT molecular complexity index is 917. The molecule has 2 rings (SSSR count). The number of hydrogen-bond acceptors (Lipinski definition) is 3. The third kappa shape index (κ3) is 4.55. The van der Waals surface area contributed by atoms with Gasteiger partial charge in [-0.05, 0) is 42.8 Å². The maximum absolute atomic E-state index is 13.3. The molecule has 0 aliphatic carbocycles. The van der Waals surface area contributed by atoms with Crippen LogP contribution in [-0.2, 0) is 10.0 Å². The highest BCUT2D eigenvalue weighted by Crippen LogP contribution is 2.19. The molecule has 0 aliphatic heterocycles. The van der Waals surface area contributed by atoms with Crippen molar-refractivity contribution in [3.05, 3.63) is 59.7 Å². The predicted octanol–water partition coefficient (Wildman–Crippen LogP) is 3.10. The third-order valence-corrected chi connectivity index (χ3v) is 5.47. The molecule has 0 fully saturated rings. The Morgan fingerprint density at radius 1 is 1.08 bits per heavy atom. The summed E-state index contributed by atoms with van der Waals surface area (Å²) in [6, 6.07) is 7.95. The van der Waals surface area contributed by atoms with Crippen molar-refractivity contribution in [3.63, 3.8) is 0 Å². The van der Waals surface area contributed by atoms with Gasteiger partial charge in [-0.15, -0.1) is 0 Å². The van der Waals surface area contributed by atoms with E-state index >= 15 is 0 Å². The van der Waals surface area contributed by atoms with Gasteiger partial charge in [-0.2, -0.15) is 0 Å². The lowest BCUT2D eigenvalue weighted by molar-refractivity contribution is 0.249. The first kappa shape index (κ1) is 19.8. The van der Waals surface area contributed by atoms with Gasteiger partial charge in [0.15, 0.2) is 11.6 Å². The highest BCUT2D eigenvalue weighted by atomic mass is 32.2. The van der Waals surface area contributed by atoms with Crippen LogP contribution in [-0.4, -0.2) is 32.8 Å². The van der Waals surface area contributed by atoms with Crippen LogP contribution >= 0.6 is 0 Å². The summed E-state index contributed by atoms with van der Waals surface area (Å²) in [7, 11) is -0.809. The van der Waals surface area contributed by atoms with Crippen molar-refractivity contribution in [1.29, 1.82) is 0 Å². The number of amides is 2. The molecule has 0 bridgehead atoms. The average Bonchev–Trinajstić information content (AvgIpc) is 2.57. The molecular formula is C17H19F2N3O3S. The first-order chi connectivity index (χ1) is 12.1. The van der Waals surface area contributed by atoms with Crippen LogP contribution in [0.2, 0.25) is 0 Å². The van der Waals surface area contributed by atoms with Crippen molar-refractivity contribution in [1.82, 2.24) is 9.62 Å². The number of rotatable bonds is 5. The number of urea groups is 1. The minimum atomic E-state index is -3.63. The van der Waals surface area contributed by atoms with Gasteiger partial charge in [-0.3, -0.25) is 0 Å². The number of halogens is 2. The number of sulfonamides is 1. The van der Waals surface area contributed by atoms with Crippen LogP contribution < -0.4 is 10.6 Å². The summed E-state index contributed by atoms with van der Waals surface area (Å²) in [5.41, 5.74) is 0.672. The zero-order valence-corrected chi connectivity index (χ0v) is 15.3. The summed E-state index contributed by atoms with van der Waals surface area (Å²) < 4.78 is 51.6. The van der Waals surface area contributed by atoms with Gasteiger partial charge in [0.25, 0.3) is 0 Å². The Hall–Kier alpha value is -2.52. The van der Waals surface area contributed by atoms with E-state index in [9.17, 15) is 22.0 Å². The number of anilines is 1. The lowest BCUT2D eigenvalue weighted by atomic mass is 10.1. The Morgan fingerprint density at radius 2 is 1.77 bits per heavy atom. The maximum atomic E-state index is 13.3. The Balaban J connectivity index is 2.09. The molecule has 0 aliphatic rings. The van der Waals surface area contributed by atoms with Gasteiger partial charge in [-0.25, -0.2) is 26.3 Å². The van der Waals surface area contributed by atoms with E-state index in [1.54, 1.807) is 6.92 Å². The van der Waals surface area contributed by atoms with Gasteiger partial charge in [0.05, 0.1) is 10.9 Å². The van der Waals surface area contributed by atoms with Crippen LogP contribution in [0.5, 0.6) is 0 Å². The molecule has 6 nitrogen and oxygen atoms in total. The lowest BCUT2D eigenvalue weighted by Gasteiger charge is -2.16. The highest BCUT2D eigenvalue weighted by Gasteiger charge is 2.18. The van der Waals surface area contributed by atoms with Crippen LogP contribution in [0, 0.1) is 11.6 Å². The van der Waals surface area contributed by atoms with Crippen molar-refractivity contribution in [2.24, 2.45) is 0 Å². The fourth-order valence-corrected chi connectivity index (χ4v) is 3.12. The molecule has 0 spiro atoms. The smallest absolute Gasteiger partial charge is 0.319 e. The molecule has 0 saturated carbocycles. The third-order valence-electron chi connectivity index (χ3n) is 3.66. The maximum Gasteiger partial charge on any atom is 0.319 e. The summed E-state index contributed by atoms with van der Waals surface area (Å²) in [6.45, 7) is 1.61.